The fourth-order valence-electron chi connectivity index (χ4n) is 3.72. The molecule has 28 heavy (non-hydrogen) atoms. The average molecular weight is 400 g/mol. The summed E-state index contributed by atoms with van der Waals surface area (Å²) in [5.41, 5.74) is 2.11. The van der Waals surface area contributed by atoms with Gasteiger partial charge in [-0.05, 0) is 67.5 Å². The van der Waals surface area contributed by atoms with Crippen LogP contribution in [0.5, 0.6) is 0 Å². The molecule has 1 saturated heterocycles. The Labute approximate surface area is 166 Å². The zero-order chi connectivity index (χ0) is 19.6. The molecular formula is C21H25N3O3S. The SMILES string of the molecule is O=C(CCc1ccc(S(=O)(=O)NC2CC2)cc1)N1CCCC1c1ccncc1. The van der Waals surface area contributed by atoms with Crippen LogP contribution >= 0.6 is 0 Å². The fourth-order valence-corrected chi connectivity index (χ4v) is 5.02. The van der Waals surface area contributed by atoms with Crippen LogP contribution in [0.4, 0.5) is 0 Å². The van der Waals surface area contributed by atoms with Gasteiger partial charge in [-0.15, -0.1) is 0 Å². The Morgan fingerprint density at radius 3 is 2.46 bits per heavy atom. The molecule has 148 valence electrons. The summed E-state index contributed by atoms with van der Waals surface area (Å²) in [5.74, 6) is 0.145. The molecule has 1 atom stereocenters. The number of aryl methyl sites for hydroxylation is 1. The van der Waals surface area contributed by atoms with E-state index in [4.69, 9.17) is 0 Å². The van der Waals surface area contributed by atoms with E-state index >= 15 is 0 Å². The van der Waals surface area contributed by atoms with Crippen molar-refractivity contribution in [2.45, 2.75) is 55.5 Å². The third-order valence-corrected chi connectivity index (χ3v) is 6.96. The maximum absolute atomic E-state index is 12.8. The van der Waals surface area contributed by atoms with E-state index in [9.17, 15) is 13.2 Å². The van der Waals surface area contributed by atoms with Gasteiger partial charge in [-0.1, -0.05) is 12.1 Å². The molecule has 7 heteroatoms. The quantitative estimate of drug-likeness (QED) is 0.776. The van der Waals surface area contributed by atoms with Crippen molar-refractivity contribution >= 4 is 15.9 Å². The van der Waals surface area contributed by atoms with Gasteiger partial charge in [0, 0.05) is 31.4 Å². The third kappa shape index (κ3) is 4.42. The predicted octanol–water partition coefficient (Wildman–Crippen LogP) is 2.82. The second kappa shape index (κ2) is 8.01. The van der Waals surface area contributed by atoms with Crippen molar-refractivity contribution in [3.8, 4) is 0 Å². The number of carbonyl (C=O) groups is 1. The average Bonchev–Trinajstić information content (AvgIpc) is 3.37. The van der Waals surface area contributed by atoms with Crippen LogP contribution in [0.1, 0.15) is 49.3 Å². The molecule has 1 aromatic heterocycles. The molecule has 1 amide bonds. The summed E-state index contributed by atoms with van der Waals surface area (Å²) in [6.07, 6.45) is 8.39. The van der Waals surface area contributed by atoms with Gasteiger partial charge in [0.25, 0.3) is 0 Å². The maximum Gasteiger partial charge on any atom is 0.240 e. The number of pyridine rings is 1. The second-order valence-corrected chi connectivity index (χ2v) is 9.28. The van der Waals surface area contributed by atoms with Gasteiger partial charge in [0.15, 0.2) is 0 Å². The molecule has 4 rings (SSSR count). The molecule has 1 aromatic carbocycles. The minimum Gasteiger partial charge on any atom is -0.336 e. The van der Waals surface area contributed by atoms with Gasteiger partial charge >= 0.3 is 0 Å². The Kier molecular flexibility index (Phi) is 5.46. The molecule has 2 aliphatic rings. The number of hydrogen-bond acceptors (Lipinski definition) is 4. The van der Waals surface area contributed by atoms with E-state index in [2.05, 4.69) is 9.71 Å². The van der Waals surface area contributed by atoms with Crippen LogP contribution in [0.2, 0.25) is 0 Å². The van der Waals surface area contributed by atoms with Crippen molar-refractivity contribution in [3.05, 3.63) is 59.9 Å². The third-order valence-electron chi connectivity index (χ3n) is 5.42. The first-order valence-corrected chi connectivity index (χ1v) is 11.3. The standard InChI is InChI=1S/C21H25N3O3S/c25-21(24-15-1-2-20(24)17-11-13-22-14-12-17)10-5-16-3-8-19(9-4-16)28(26,27)23-18-6-7-18/h3-4,8-9,11-14,18,20,23H,1-2,5-7,10,15H2. The Morgan fingerprint density at radius 2 is 1.79 bits per heavy atom. The number of nitrogens with one attached hydrogen (secondary N) is 1. The van der Waals surface area contributed by atoms with E-state index in [1.54, 1.807) is 36.7 Å². The first-order chi connectivity index (χ1) is 13.5. The summed E-state index contributed by atoms with van der Waals surface area (Å²) in [4.78, 5) is 19.1. The van der Waals surface area contributed by atoms with E-state index in [0.717, 1.165) is 43.4 Å². The monoisotopic (exact) mass is 399 g/mol. The molecule has 0 radical (unpaired) electrons. The number of hydrogen-bond donors (Lipinski definition) is 1. The molecule has 6 nitrogen and oxygen atoms in total. The molecule has 1 unspecified atom stereocenters. The summed E-state index contributed by atoms with van der Waals surface area (Å²) < 4.78 is 27.1. The first kappa shape index (κ1) is 19.1. The highest BCUT2D eigenvalue weighted by atomic mass is 32.2. The minimum atomic E-state index is -3.43. The number of sulfonamides is 1. The van der Waals surface area contributed by atoms with Crippen molar-refractivity contribution in [1.29, 1.82) is 0 Å². The molecule has 1 N–H and O–H groups in total. The van der Waals surface area contributed by atoms with E-state index in [1.807, 2.05) is 17.0 Å². The molecule has 1 saturated carbocycles. The Bertz CT molecular complexity index is 925. The molecule has 2 aromatic rings. The smallest absolute Gasteiger partial charge is 0.240 e. The van der Waals surface area contributed by atoms with E-state index in [0.29, 0.717) is 12.8 Å². The highest BCUT2D eigenvalue weighted by molar-refractivity contribution is 7.89. The zero-order valence-corrected chi connectivity index (χ0v) is 16.6. The van der Waals surface area contributed by atoms with Gasteiger partial charge in [0.2, 0.25) is 15.9 Å². The molecule has 0 bridgehead atoms. The Hall–Kier alpha value is -2.25. The van der Waals surface area contributed by atoms with Crippen LogP contribution in [-0.2, 0) is 21.2 Å². The van der Waals surface area contributed by atoms with E-state index in [-0.39, 0.29) is 22.9 Å². The van der Waals surface area contributed by atoms with E-state index < -0.39 is 10.0 Å². The summed E-state index contributed by atoms with van der Waals surface area (Å²) in [6.45, 7) is 0.788. The summed E-state index contributed by atoms with van der Waals surface area (Å²) in [5, 5.41) is 0. The number of benzene rings is 1. The maximum atomic E-state index is 12.8. The number of rotatable bonds is 7. The lowest BCUT2D eigenvalue weighted by Crippen LogP contribution is -2.30. The van der Waals surface area contributed by atoms with Crippen LogP contribution in [0.25, 0.3) is 0 Å². The molecule has 0 spiro atoms. The highest BCUT2D eigenvalue weighted by Crippen LogP contribution is 2.32. The van der Waals surface area contributed by atoms with Crippen LogP contribution in [0, 0.1) is 0 Å². The highest BCUT2D eigenvalue weighted by Gasteiger charge is 2.30. The van der Waals surface area contributed by atoms with E-state index in [1.165, 1.54) is 0 Å². The normalized spacial score (nSPS) is 19.7. The Morgan fingerprint density at radius 1 is 1.07 bits per heavy atom. The van der Waals surface area contributed by atoms with Crippen molar-refractivity contribution in [1.82, 2.24) is 14.6 Å². The van der Waals surface area contributed by atoms with Gasteiger partial charge in [-0.3, -0.25) is 9.78 Å². The number of amides is 1. The zero-order valence-electron chi connectivity index (χ0n) is 15.8. The lowest BCUT2D eigenvalue weighted by atomic mass is 10.1. The van der Waals surface area contributed by atoms with Gasteiger partial charge < -0.3 is 4.90 Å². The van der Waals surface area contributed by atoms with Crippen LogP contribution in [0.3, 0.4) is 0 Å². The summed E-state index contributed by atoms with van der Waals surface area (Å²) >= 11 is 0. The van der Waals surface area contributed by atoms with Gasteiger partial charge in [0.1, 0.15) is 0 Å². The van der Waals surface area contributed by atoms with Gasteiger partial charge in [-0.25, -0.2) is 13.1 Å². The molecule has 2 fully saturated rings. The van der Waals surface area contributed by atoms with Crippen molar-refractivity contribution < 1.29 is 13.2 Å². The summed E-state index contributed by atoms with van der Waals surface area (Å²) in [7, 11) is -3.43. The summed E-state index contributed by atoms with van der Waals surface area (Å²) in [6, 6.07) is 11.0. The first-order valence-electron chi connectivity index (χ1n) is 9.83. The van der Waals surface area contributed by atoms with Crippen molar-refractivity contribution in [3.63, 3.8) is 0 Å². The lowest BCUT2D eigenvalue weighted by molar-refractivity contribution is -0.132. The van der Waals surface area contributed by atoms with Gasteiger partial charge in [0.05, 0.1) is 10.9 Å². The lowest BCUT2D eigenvalue weighted by Gasteiger charge is -2.25. The van der Waals surface area contributed by atoms with Crippen molar-refractivity contribution in [2.75, 3.05) is 6.54 Å². The Balaban J connectivity index is 1.35. The van der Waals surface area contributed by atoms with Crippen LogP contribution in [-0.4, -0.2) is 36.8 Å². The number of likely N-dealkylation sites (tertiary alicyclic amines) is 1. The largest absolute Gasteiger partial charge is 0.336 e. The molecule has 1 aliphatic heterocycles. The minimum absolute atomic E-state index is 0.0936. The fraction of sp³-hybridized carbons (Fsp3) is 0.429. The number of nitrogens with zero attached hydrogens (tertiary/aromatic N) is 2. The predicted molar refractivity (Wildman–Crippen MR) is 106 cm³/mol. The second-order valence-electron chi connectivity index (χ2n) is 7.57. The molecular weight excluding hydrogens is 374 g/mol. The van der Waals surface area contributed by atoms with Crippen LogP contribution in [0.15, 0.2) is 53.7 Å². The van der Waals surface area contributed by atoms with Gasteiger partial charge in [-0.2, -0.15) is 0 Å². The number of carbonyl (C=O) groups excluding carboxylic acids is 1. The molecule has 1 aliphatic carbocycles. The van der Waals surface area contributed by atoms with Crippen LogP contribution < -0.4 is 4.72 Å². The topological polar surface area (TPSA) is 79.4 Å². The number of aromatic nitrogens is 1. The van der Waals surface area contributed by atoms with Crippen molar-refractivity contribution in [2.24, 2.45) is 0 Å². The molecule has 2 heterocycles.